The van der Waals surface area contributed by atoms with Crippen molar-refractivity contribution in [2.24, 2.45) is 0 Å². The van der Waals surface area contributed by atoms with E-state index in [0.29, 0.717) is 28.1 Å². The van der Waals surface area contributed by atoms with Crippen LogP contribution in [-0.2, 0) is 17.8 Å². The Kier molecular flexibility index (Phi) is 6.97. The van der Waals surface area contributed by atoms with Crippen molar-refractivity contribution in [3.8, 4) is 0 Å². The van der Waals surface area contributed by atoms with Crippen LogP contribution in [0.15, 0.2) is 77.7 Å². The number of benzene rings is 3. The molecule has 0 saturated heterocycles. The SMILES string of the molecule is CCc1ccc2c(c1)c(=O)c(C(=O)c1ccc(C)cc1)cn2CC(=O)Nc1ccc(C(C)C)cc1. The molecule has 0 unspecified atom stereocenters. The molecule has 0 aliphatic carbocycles. The van der Waals surface area contributed by atoms with Gasteiger partial charge >= 0.3 is 0 Å². The molecule has 0 aliphatic heterocycles. The lowest BCUT2D eigenvalue weighted by Gasteiger charge is -2.15. The summed E-state index contributed by atoms with van der Waals surface area (Å²) in [5.74, 6) is -0.178. The van der Waals surface area contributed by atoms with Crippen LogP contribution in [0.1, 0.15) is 59.3 Å². The molecule has 1 heterocycles. The van der Waals surface area contributed by atoms with Crippen molar-refractivity contribution in [1.82, 2.24) is 4.57 Å². The lowest BCUT2D eigenvalue weighted by Crippen LogP contribution is -2.24. The van der Waals surface area contributed by atoms with Gasteiger partial charge in [0.25, 0.3) is 0 Å². The van der Waals surface area contributed by atoms with Crippen molar-refractivity contribution >= 4 is 28.3 Å². The average molecular weight is 467 g/mol. The van der Waals surface area contributed by atoms with Gasteiger partial charge in [-0.15, -0.1) is 0 Å². The molecule has 0 saturated carbocycles. The maximum atomic E-state index is 13.4. The van der Waals surface area contributed by atoms with Gasteiger partial charge in [0.15, 0.2) is 5.78 Å². The van der Waals surface area contributed by atoms with E-state index in [9.17, 15) is 14.4 Å². The van der Waals surface area contributed by atoms with Crippen LogP contribution in [0.5, 0.6) is 0 Å². The lowest BCUT2D eigenvalue weighted by atomic mass is 10.00. The van der Waals surface area contributed by atoms with Crippen molar-refractivity contribution < 1.29 is 9.59 Å². The van der Waals surface area contributed by atoms with E-state index in [-0.39, 0.29) is 29.2 Å². The number of nitrogens with one attached hydrogen (secondary N) is 1. The number of rotatable bonds is 7. The first kappa shape index (κ1) is 24.1. The van der Waals surface area contributed by atoms with Crippen LogP contribution >= 0.6 is 0 Å². The number of fused-ring (bicyclic) bond motifs is 1. The molecular formula is C30H30N2O3. The second-order valence-corrected chi connectivity index (χ2v) is 9.22. The molecule has 1 N–H and O–H groups in total. The van der Waals surface area contributed by atoms with E-state index >= 15 is 0 Å². The molecule has 0 aliphatic rings. The molecular weight excluding hydrogens is 436 g/mol. The standard InChI is InChI=1S/C30H30N2O3/c1-5-21-8-15-27-25(16-21)30(35)26(29(34)23-9-6-20(4)7-10-23)17-32(27)18-28(33)31-24-13-11-22(12-14-24)19(2)3/h6-17,19H,5,18H2,1-4H3,(H,31,33). The molecule has 4 aromatic rings. The molecule has 4 rings (SSSR count). The van der Waals surface area contributed by atoms with Crippen molar-refractivity contribution in [1.29, 1.82) is 0 Å². The fourth-order valence-electron chi connectivity index (χ4n) is 4.12. The minimum Gasteiger partial charge on any atom is -0.337 e. The number of aryl methyl sites for hydroxylation is 2. The highest BCUT2D eigenvalue weighted by molar-refractivity contribution is 6.10. The summed E-state index contributed by atoms with van der Waals surface area (Å²) in [6.07, 6.45) is 2.28. The molecule has 0 radical (unpaired) electrons. The van der Waals surface area contributed by atoms with Gasteiger partial charge in [0.2, 0.25) is 11.3 Å². The Labute approximate surface area is 205 Å². The maximum absolute atomic E-state index is 13.4. The van der Waals surface area contributed by atoms with E-state index in [1.165, 1.54) is 11.8 Å². The summed E-state index contributed by atoms with van der Waals surface area (Å²) in [7, 11) is 0. The van der Waals surface area contributed by atoms with Gasteiger partial charge in [-0.1, -0.05) is 68.8 Å². The summed E-state index contributed by atoms with van der Waals surface area (Å²) >= 11 is 0. The molecule has 3 aromatic carbocycles. The van der Waals surface area contributed by atoms with Crippen molar-refractivity contribution in [2.45, 2.75) is 46.6 Å². The third-order valence-corrected chi connectivity index (χ3v) is 6.29. The van der Waals surface area contributed by atoms with Crippen LogP contribution in [0.2, 0.25) is 0 Å². The van der Waals surface area contributed by atoms with E-state index in [1.807, 2.05) is 68.4 Å². The summed E-state index contributed by atoms with van der Waals surface area (Å²) in [5, 5.41) is 3.36. The largest absolute Gasteiger partial charge is 0.337 e. The number of pyridine rings is 1. The highest BCUT2D eigenvalue weighted by atomic mass is 16.2. The number of hydrogen-bond donors (Lipinski definition) is 1. The minimum absolute atomic E-state index is 0.0254. The lowest BCUT2D eigenvalue weighted by molar-refractivity contribution is -0.116. The second-order valence-electron chi connectivity index (χ2n) is 9.22. The quantitative estimate of drug-likeness (QED) is 0.347. The molecule has 0 fully saturated rings. The summed E-state index contributed by atoms with van der Waals surface area (Å²) in [4.78, 5) is 39.6. The van der Waals surface area contributed by atoms with E-state index in [4.69, 9.17) is 0 Å². The molecule has 0 spiro atoms. The highest BCUT2D eigenvalue weighted by Crippen LogP contribution is 2.19. The first-order valence-corrected chi connectivity index (χ1v) is 11.9. The first-order chi connectivity index (χ1) is 16.8. The number of hydrogen-bond acceptors (Lipinski definition) is 3. The number of nitrogens with zero attached hydrogens (tertiary/aromatic N) is 1. The number of anilines is 1. The fourth-order valence-corrected chi connectivity index (χ4v) is 4.12. The molecule has 35 heavy (non-hydrogen) atoms. The number of carbonyl (C=O) groups excluding carboxylic acids is 2. The van der Waals surface area contributed by atoms with Crippen molar-refractivity contribution in [3.05, 3.63) is 111 Å². The Morgan fingerprint density at radius 2 is 1.63 bits per heavy atom. The van der Waals surface area contributed by atoms with Gasteiger partial charge in [-0.05, 0) is 54.7 Å². The van der Waals surface area contributed by atoms with E-state index in [0.717, 1.165) is 17.5 Å². The molecule has 0 bridgehead atoms. The first-order valence-electron chi connectivity index (χ1n) is 11.9. The summed E-state index contributed by atoms with van der Waals surface area (Å²) < 4.78 is 1.69. The van der Waals surface area contributed by atoms with Crippen LogP contribution in [0.25, 0.3) is 10.9 Å². The molecule has 178 valence electrons. The monoisotopic (exact) mass is 466 g/mol. The van der Waals surface area contributed by atoms with Gasteiger partial charge in [0.1, 0.15) is 6.54 Å². The normalized spacial score (nSPS) is 11.1. The number of ketones is 1. The minimum atomic E-state index is -0.350. The zero-order valence-electron chi connectivity index (χ0n) is 20.6. The van der Waals surface area contributed by atoms with Crippen LogP contribution in [-0.4, -0.2) is 16.3 Å². The smallest absolute Gasteiger partial charge is 0.244 e. The number of aromatic nitrogens is 1. The summed E-state index contributed by atoms with van der Waals surface area (Å²) in [5.41, 5.74) is 4.73. The van der Waals surface area contributed by atoms with Crippen LogP contribution < -0.4 is 10.7 Å². The molecule has 5 nitrogen and oxygen atoms in total. The third kappa shape index (κ3) is 5.24. The van der Waals surface area contributed by atoms with E-state index in [1.54, 1.807) is 16.7 Å². The molecule has 5 heteroatoms. The predicted octanol–water partition coefficient (Wildman–Crippen LogP) is 5.87. The van der Waals surface area contributed by atoms with Crippen molar-refractivity contribution in [3.63, 3.8) is 0 Å². The maximum Gasteiger partial charge on any atom is 0.244 e. The topological polar surface area (TPSA) is 68.2 Å². The summed E-state index contributed by atoms with van der Waals surface area (Å²) in [6.45, 7) is 8.17. The van der Waals surface area contributed by atoms with E-state index < -0.39 is 0 Å². The molecule has 0 atom stereocenters. The van der Waals surface area contributed by atoms with Crippen LogP contribution in [0.4, 0.5) is 5.69 Å². The zero-order valence-corrected chi connectivity index (χ0v) is 20.6. The molecule has 1 aromatic heterocycles. The Morgan fingerprint density at radius 3 is 2.26 bits per heavy atom. The number of amides is 1. The van der Waals surface area contributed by atoms with Gasteiger partial charge in [0, 0.05) is 22.8 Å². The summed E-state index contributed by atoms with van der Waals surface area (Å²) in [6, 6.07) is 20.5. The highest BCUT2D eigenvalue weighted by Gasteiger charge is 2.18. The van der Waals surface area contributed by atoms with Crippen LogP contribution in [0.3, 0.4) is 0 Å². The fraction of sp³-hybridized carbons (Fsp3) is 0.233. The zero-order chi connectivity index (χ0) is 25.1. The van der Waals surface area contributed by atoms with Gasteiger partial charge in [-0.2, -0.15) is 0 Å². The molecule has 1 amide bonds. The van der Waals surface area contributed by atoms with Gasteiger partial charge in [-0.3, -0.25) is 14.4 Å². The van der Waals surface area contributed by atoms with Gasteiger partial charge in [0.05, 0.1) is 11.1 Å². The Morgan fingerprint density at radius 1 is 0.943 bits per heavy atom. The Balaban J connectivity index is 1.72. The van der Waals surface area contributed by atoms with Gasteiger partial charge < -0.3 is 9.88 Å². The number of carbonyl (C=O) groups is 2. The van der Waals surface area contributed by atoms with E-state index in [2.05, 4.69) is 19.2 Å². The predicted molar refractivity (Wildman–Crippen MR) is 141 cm³/mol. The Bertz CT molecular complexity index is 1450. The average Bonchev–Trinajstić information content (AvgIpc) is 2.85. The van der Waals surface area contributed by atoms with Crippen LogP contribution in [0, 0.1) is 6.92 Å². The second kappa shape index (κ2) is 10.1. The van der Waals surface area contributed by atoms with Crippen molar-refractivity contribution in [2.75, 3.05) is 5.32 Å². The Hall–Kier alpha value is -3.99. The van der Waals surface area contributed by atoms with Gasteiger partial charge in [-0.25, -0.2) is 0 Å². The third-order valence-electron chi connectivity index (χ3n) is 6.29.